The van der Waals surface area contributed by atoms with Crippen molar-refractivity contribution in [2.24, 2.45) is 0 Å². The van der Waals surface area contributed by atoms with Gasteiger partial charge in [0.25, 0.3) is 6.43 Å². The molecule has 18 heavy (non-hydrogen) atoms. The van der Waals surface area contributed by atoms with Crippen molar-refractivity contribution in [2.75, 3.05) is 20.1 Å². The molecule has 0 aliphatic carbocycles. The fourth-order valence-electron chi connectivity index (χ4n) is 2.14. The minimum atomic E-state index is -2.63. The van der Waals surface area contributed by atoms with E-state index in [-0.39, 0.29) is 6.54 Å². The summed E-state index contributed by atoms with van der Waals surface area (Å²) in [5.41, 5.74) is -1.30. The highest BCUT2D eigenvalue weighted by atomic mass is 19.3. The smallest absolute Gasteiger partial charge is 0.329 e. The number of halogens is 2. The lowest BCUT2D eigenvalue weighted by molar-refractivity contribution is -0.150. The molecule has 0 radical (unpaired) electrons. The van der Waals surface area contributed by atoms with Crippen molar-refractivity contribution in [1.29, 1.82) is 0 Å². The topological polar surface area (TPSA) is 60.9 Å². The molecule has 0 bridgehead atoms. The fraction of sp³-hybridized carbons (Fsp3) is 0.818. The Kier molecular flexibility index (Phi) is 4.48. The number of hydrogen-bond donors (Lipinski definition) is 1. The summed E-state index contributed by atoms with van der Waals surface area (Å²) in [6, 6.07) is -0.653. The van der Waals surface area contributed by atoms with E-state index in [1.807, 2.05) is 0 Å². The number of alkyl halides is 2. The summed E-state index contributed by atoms with van der Waals surface area (Å²) in [5, 5.41) is 9.22. The second-order valence-corrected chi connectivity index (χ2v) is 4.74. The van der Waals surface area contributed by atoms with Crippen molar-refractivity contribution in [3.05, 3.63) is 0 Å². The zero-order valence-corrected chi connectivity index (χ0v) is 10.5. The number of urea groups is 1. The van der Waals surface area contributed by atoms with Crippen LogP contribution in [0.3, 0.4) is 0 Å². The Bertz CT molecular complexity index is 338. The number of piperidine rings is 1. The van der Waals surface area contributed by atoms with Crippen molar-refractivity contribution >= 4 is 12.0 Å². The summed E-state index contributed by atoms with van der Waals surface area (Å²) < 4.78 is 24.5. The fourth-order valence-corrected chi connectivity index (χ4v) is 2.14. The normalized spacial score (nSPS) is 24.2. The number of hydrogen-bond acceptors (Lipinski definition) is 2. The Morgan fingerprint density at radius 2 is 2.06 bits per heavy atom. The summed E-state index contributed by atoms with van der Waals surface area (Å²) in [6.07, 6.45) is -0.876. The van der Waals surface area contributed by atoms with Gasteiger partial charge in [0, 0.05) is 13.6 Å². The lowest BCUT2D eigenvalue weighted by Gasteiger charge is -2.43. The summed E-state index contributed by atoms with van der Waals surface area (Å²) in [4.78, 5) is 25.3. The van der Waals surface area contributed by atoms with Crippen molar-refractivity contribution in [3.63, 3.8) is 0 Å². The van der Waals surface area contributed by atoms with Crippen LogP contribution in [-0.4, -0.2) is 59.0 Å². The van der Waals surface area contributed by atoms with Crippen molar-refractivity contribution in [3.8, 4) is 0 Å². The predicted octanol–water partition coefficient (Wildman–Crippen LogP) is 1.63. The van der Waals surface area contributed by atoms with Gasteiger partial charge in [-0.25, -0.2) is 18.4 Å². The molecule has 2 amide bonds. The van der Waals surface area contributed by atoms with Gasteiger partial charge in [-0.3, -0.25) is 0 Å². The van der Waals surface area contributed by atoms with E-state index in [1.165, 1.54) is 18.9 Å². The second kappa shape index (κ2) is 5.49. The average molecular weight is 264 g/mol. The first kappa shape index (κ1) is 14.7. The molecule has 1 fully saturated rings. The van der Waals surface area contributed by atoms with E-state index < -0.39 is 30.5 Å². The molecule has 0 aromatic rings. The molecule has 0 aromatic carbocycles. The van der Waals surface area contributed by atoms with Crippen LogP contribution in [0.5, 0.6) is 0 Å². The Balaban J connectivity index is 2.84. The number of amides is 2. The van der Waals surface area contributed by atoms with Crippen LogP contribution in [0.25, 0.3) is 0 Å². The van der Waals surface area contributed by atoms with Gasteiger partial charge in [0.15, 0.2) is 0 Å². The number of carbonyl (C=O) groups excluding carboxylic acids is 1. The molecule has 1 unspecified atom stereocenters. The summed E-state index contributed by atoms with van der Waals surface area (Å²) >= 11 is 0. The third-order valence-electron chi connectivity index (χ3n) is 3.32. The minimum Gasteiger partial charge on any atom is -0.480 e. The van der Waals surface area contributed by atoms with Gasteiger partial charge in [-0.1, -0.05) is 0 Å². The number of aliphatic carboxylic acids is 1. The summed E-state index contributed by atoms with van der Waals surface area (Å²) in [6.45, 7) is 1.06. The number of nitrogens with zero attached hydrogens (tertiary/aromatic N) is 2. The van der Waals surface area contributed by atoms with Crippen LogP contribution >= 0.6 is 0 Å². The molecule has 1 N–H and O–H groups in total. The molecule has 0 aromatic heterocycles. The van der Waals surface area contributed by atoms with Gasteiger partial charge < -0.3 is 14.9 Å². The maximum absolute atomic E-state index is 12.2. The van der Waals surface area contributed by atoms with Crippen LogP contribution in [0, 0.1) is 0 Å². The van der Waals surface area contributed by atoms with Crippen molar-refractivity contribution in [2.45, 2.75) is 38.2 Å². The number of likely N-dealkylation sites (tertiary alicyclic amines) is 1. The maximum atomic E-state index is 12.2. The van der Waals surface area contributed by atoms with Gasteiger partial charge in [-0.05, 0) is 26.2 Å². The predicted molar refractivity (Wildman–Crippen MR) is 60.6 cm³/mol. The van der Waals surface area contributed by atoms with E-state index in [4.69, 9.17) is 0 Å². The zero-order valence-electron chi connectivity index (χ0n) is 10.5. The molecule has 7 heteroatoms. The minimum absolute atomic E-state index is 0.287. The Morgan fingerprint density at radius 3 is 2.56 bits per heavy atom. The number of carboxylic acids is 1. The van der Waals surface area contributed by atoms with Gasteiger partial charge in [-0.15, -0.1) is 0 Å². The molecule has 1 aliphatic heterocycles. The third-order valence-corrected chi connectivity index (χ3v) is 3.32. The molecule has 1 atom stereocenters. The lowest BCUT2D eigenvalue weighted by atomic mass is 9.89. The van der Waals surface area contributed by atoms with Gasteiger partial charge in [0.05, 0.1) is 6.54 Å². The van der Waals surface area contributed by atoms with Crippen LogP contribution in [0.15, 0.2) is 0 Å². The van der Waals surface area contributed by atoms with Crippen LogP contribution in [-0.2, 0) is 4.79 Å². The van der Waals surface area contributed by atoms with E-state index in [0.29, 0.717) is 19.3 Å². The van der Waals surface area contributed by atoms with E-state index in [1.54, 1.807) is 0 Å². The highest BCUT2D eigenvalue weighted by Gasteiger charge is 2.44. The second-order valence-electron chi connectivity index (χ2n) is 4.74. The summed E-state index contributed by atoms with van der Waals surface area (Å²) in [5.74, 6) is -1.10. The van der Waals surface area contributed by atoms with Gasteiger partial charge >= 0.3 is 12.0 Å². The van der Waals surface area contributed by atoms with E-state index in [2.05, 4.69) is 0 Å². The first-order valence-electron chi connectivity index (χ1n) is 5.83. The van der Waals surface area contributed by atoms with Crippen molar-refractivity contribution in [1.82, 2.24) is 9.80 Å². The SMILES string of the molecule is CN(CC(F)F)C(=O)N1CCCCC1(C)C(=O)O. The van der Waals surface area contributed by atoms with Gasteiger partial charge in [0.1, 0.15) is 5.54 Å². The lowest BCUT2D eigenvalue weighted by Crippen LogP contribution is -2.60. The van der Waals surface area contributed by atoms with Crippen LogP contribution < -0.4 is 0 Å². The highest BCUT2D eigenvalue weighted by Crippen LogP contribution is 2.29. The molecule has 1 heterocycles. The molecule has 5 nitrogen and oxygen atoms in total. The third kappa shape index (κ3) is 2.88. The first-order valence-corrected chi connectivity index (χ1v) is 5.83. The monoisotopic (exact) mass is 264 g/mol. The molecule has 0 saturated carbocycles. The highest BCUT2D eigenvalue weighted by molar-refractivity contribution is 5.86. The largest absolute Gasteiger partial charge is 0.480 e. The molecule has 1 aliphatic rings. The first-order chi connectivity index (χ1) is 8.29. The van der Waals surface area contributed by atoms with Crippen molar-refractivity contribution < 1.29 is 23.5 Å². The van der Waals surface area contributed by atoms with E-state index in [9.17, 15) is 23.5 Å². The average Bonchev–Trinajstić information content (AvgIpc) is 2.27. The molecule has 1 rings (SSSR count). The van der Waals surface area contributed by atoms with Gasteiger partial charge in [-0.2, -0.15) is 0 Å². The quantitative estimate of drug-likeness (QED) is 0.842. The molecular formula is C11H18F2N2O3. The molecule has 104 valence electrons. The maximum Gasteiger partial charge on any atom is 0.329 e. The molecule has 0 spiro atoms. The molecular weight excluding hydrogens is 246 g/mol. The number of carboxylic acid groups (broad SMARTS) is 1. The Hall–Kier alpha value is -1.40. The van der Waals surface area contributed by atoms with Crippen LogP contribution in [0.2, 0.25) is 0 Å². The van der Waals surface area contributed by atoms with E-state index in [0.717, 1.165) is 4.90 Å². The number of carbonyl (C=O) groups is 2. The van der Waals surface area contributed by atoms with Crippen LogP contribution in [0.1, 0.15) is 26.2 Å². The van der Waals surface area contributed by atoms with E-state index >= 15 is 0 Å². The van der Waals surface area contributed by atoms with Crippen LogP contribution in [0.4, 0.5) is 13.6 Å². The zero-order chi connectivity index (χ0) is 13.9. The standard InChI is InChI=1S/C11H18F2N2O3/c1-11(9(16)17)5-3-4-6-15(11)10(18)14(2)7-8(12)13/h8H,3-7H2,1-2H3,(H,16,17). The Morgan fingerprint density at radius 1 is 1.44 bits per heavy atom. The van der Waals surface area contributed by atoms with Gasteiger partial charge in [0.2, 0.25) is 0 Å². The number of rotatable bonds is 3. The molecule has 1 saturated heterocycles. The Labute approximate surface area is 104 Å². The summed E-state index contributed by atoms with van der Waals surface area (Å²) in [7, 11) is 1.26.